The van der Waals surface area contributed by atoms with Crippen LogP contribution in [0, 0.1) is 11.6 Å². The molecule has 0 saturated carbocycles. The minimum absolute atomic E-state index is 0.0411. The van der Waals surface area contributed by atoms with Gasteiger partial charge in [-0.05, 0) is 52.9 Å². The van der Waals surface area contributed by atoms with Crippen molar-refractivity contribution in [1.82, 2.24) is 0 Å². The number of benzene rings is 3. The number of hydrogen-bond acceptors (Lipinski definition) is 1. The maximum absolute atomic E-state index is 14.8. The summed E-state index contributed by atoms with van der Waals surface area (Å²) in [6, 6.07) is 14.2. The van der Waals surface area contributed by atoms with Crippen LogP contribution in [0.5, 0.6) is 5.75 Å². The molecule has 0 aliphatic heterocycles. The van der Waals surface area contributed by atoms with Crippen molar-refractivity contribution < 1.29 is 22.3 Å². The fourth-order valence-electron chi connectivity index (χ4n) is 3.29. The van der Waals surface area contributed by atoms with E-state index in [1.807, 2.05) is 24.3 Å². The van der Waals surface area contributed by atoms with Gasteiger partial charge in [0.25, 0.3) is 6.08 Å². The molecule has 1 nitrogen and oxygen atoms in total. The highest BCUT2D eigenvalue weighted by atomic mass is 19.3. The lowest BCUT2D eigenvalue weighted by atomic mass is 9.96. The van der Waals surface area contributed by atoms with E-state index in [9.17, 15) is 17.6 Å². The van der Waals surface area contributed by atoms with Crippen LogP contribution in [0.25, 0.3) is 28.3 Å². The van der Waals surface area contributed by atoms with Gasteiger partial charge in [0.05, 0.1) is 12.7 Å². The third kappa shape index (κ3) is 4.67. The van der Waals surface area contributed by atoms with Crippen molar-refractivity contribution >= 4 is 6.08 Å². The number of methoxy groups -OCH3 is 1. The SMILES string of the molecule is CCCc1ccc(-c2cc(F)c(-c3ccc(OC)c(C=C(F)F)c3)c(F)c2)cc1. The lowest BCUT2D eigenvalue weighted by molar-refractivity contribution is 0.411. The largest absolute Gasteiger partial charge is 0.496 e. The highest BCUT2D eigenvalue weighted by Crippen LogP contribution is 2.34. The smallest absolute Gasteiger partial charge is 0.271 e. The normalized spacial score (nSPS) is 10.7. The molecule has 0 radical (unpaired) electrons. The number of rotatable bonds is 6. The third-order valence-electron chi connectivity index (χ3n) is 4.65. The maximum atomic E-state index is 14.8. The van der Waals surface area contributed by atoms with Crippen LogP contribution < -0.4 is 4.74 Å². The summed E-state index contributed by atoms with van der Waals surface area (Å²) < 4.78 is 60.1. The molecule has 0 atom stereocenters. The molecule has 0 amide bonds. The van der Waals surface area contributed by atoms with Gasteiger partial charge in [-0.1, -0.05) is 43.7 Å². The van der Waals surface area contributed by atoms with Crippen LogP contribution in [-0.2, 0) is 6.42 Å². The molecule has 3 rings (SSSR count). The molecule has 5 heteroatoms. The fraction of sp³-hybridized carbons (Fsp3) is 0.167. The summed E-state index contributed by atoms with van der Waals surface area (Å²) in [5, 5.41) is 0. The van der Waals surface area contributed by atoms with Crippen LogP contribution in [0.15, 0.2) is 60.7 Å². The standard InChI is InChI=1S/C24H20F4O/c1-3-4-15-5-7-16(8-6-15)18-12-20(25)24(21(26)13-18)17-9-10-22(29-2)19(11-17)14-23(27)28/h5-14H,3-4H2,1-2H3. The number of aryl methyl sites for hydroxylation is 1. The van der Waals surface area contributed by atoms with Gasteiger partial charge in [0.2, 0.25) is 0 Å². The van der Waals surface area contributed by atoms with Crippen molar-refractivity contribution in [2.45, 2.75) is 19.8 Å². The Morgan fingerprint density at radius 1 is 0.862 bits per heavy atom. The zero-order valence-electron chi connectivity index (χ0n) is 16.1. The second-order valence-electron chi connectivity index (χ2n) is 6.65. The zero-order chi connectivity index (χ0) is 21.0. The van der Waals surface area contributed by atoms with E-state index in [0.29, 0.717) is 17.2 Å². The Labute approximate surface area is 167 Å². The number of hydrogen-bond donors (Lipinski definition) is 0. The molecule has 0 spiro atoms. The van der Waals surface area contributed by atoms with Gasteiger partial charge in [0.15, 0.2) is 0 Å². The summed E-state index contributed by atoms with van der Waals surface area (Å²) in [7, 11) is 1.34. The van der Waals surface area contributed by atoms with E-state index in [1.54, 1.807) is 0 Å². The Balaban J connectivity index is 2.03. The second-order valence-corrected chi connectivity index (χ2v) is 6.65. The third-order valence-corrected chi connectivity index (χ3v) is 4.65. The van der Waals surface area contributed by atoms with Crippen LogP contribution in [0.2, 0.25) is 0 Å². The summed E-state index contributed by atoms with van der Waals surface area (Å²) in [6.45, 7) is 2.08. The molecule has 0 aliphatic carbocycles. The van der Waals surface area contributed by atoms with Gasteiger partial charge in [-0.2, -0.15) is 8.78 Å². The molecule has 3 aromatic carbocycles. The van der Waals surface area contributed by atoms with Crippen LogP contribution in [0.1, 0.15) is 24.5 Å². The van der Waals surface area contributed by atoms with E-state index in [1.165, 1.54) is 37.4 Å². The van der Waals surface area contributed by atoms with E-state index in [0.717, 1.165) is 18.4 Å². The highest BCUT2D eigenvalue weighted by Gasteiger charge is 2.16. The molecule has 3 aromatic rings. The van der Waals surface area contributed by atoms with Crippen molar-refractivity contribution in [1.29, 1.82) is 0 Å². The predicted molar refractivity (Wildman–Crippen MR) is 108 cm³/mol. The lowest BCUT2D eigenvalue weighted by Crippen LogP contribution is -1.94. The summed E-state index contributed by atoms with van der Waals surface area (Å²) in [6.07, 6.45) is 0.631. The van der Waals surface area contributed by atoms with E-state index in [-0.39, 0.29) is 22.4 Å². The average Bonchev–Trinajstić information content (AvgIpc) is 2.68. The monoisotopic (exact) mass is 400 g/mol. The van der Waals surface area contributed by atoms with Crippen LogP contribution in [0.3, 0.4) is 0 Å². The van der Waals surface area contributed by atoms with E-state index in [4.69, 9.17) is 4.74 Å². The van der Waals surface area contributed by atoms with Crippen molar-refractivity contribution in [3.05, 3.63) is 83.4 Å². The first-order chi connectivity index (χ1) is 13.9. The van der Waals surface area contributed by atoms with E-state index >= 15 is 0 Å². The van der Waals surface area contributed by atoms with E-state index in [2.05, 4.69) is 6.92 Å². The summed E-state index contributed by atoms with van der Waals surface area (Å²) in [5.41, 5.74) is 2.19. The predicted octanol–water partition coefficient (Wildman–Crippen LogP) is 7.50. The Morgan fingerprint density at radius 3 is 2.03 bits per heavy atom. The number of ether oxygens (including phenoxy) is 1. The Hall–Kier alpha value is -3.08. The lowest BCUT2D eigenvalue weighted by Gasteiger charge is -2.12. The molecule has 0 saturated heterocycles. The minimum atomic E-state index is -1.93. The van der Waals surface area contributed by atoms with Crippen LogP contribution >= 0.6 is 0 Å². The van der Waals surface area contributed by atoms with Crippen LogP contribution in [0.4, 0.5) is 17.6 Å². The Bertz CT molecular complexity index is 1010. The Kier molecular flexibility index (Phi) is 6.37. The first kappa shape index (κ1) is 20.6. The van der Waals surface area contributed by atoms with Gasteiger partial charge >= 0.3 is 0 Å². The minimum Gasteiger partial charge on any atom is -0.496 e. The van der Waals surface area contributed by atoms with Crippen molar-refractivity contribution in [2.24, 2.45) is 0 Å². The summed E-state index contributed by atoms with van der Waals surface area (Å²) in [4.78, 5) is 0. The fourth-order valence-corrected chi connectivity index (χ4v) is 3.29. The van der Waals surface area contributed by atoms with Gasteiger partial charge in [-0.3, -0.25) is 0 Å². The molecule has 0 unspecified atom stereocenters. The van der Waals surface area contributed by atoms with Gasteiger partial charge in [0.1, 0.15) is 17.4 Å². The molecule has 0 bridgehead atoms. The molecule has 150 valence electrons. The summed E-state index contributed by atoms with van der Waals surface area (Å²) in [5.74, 6) is -1.34. The van der Waals surface area contributed by atoms with Gasteiger partial charge in [-0.25, -0.2) is 8.78 Å². The first-order valence-corrected chi connectivity index (χ1v) is 9.22. The van der Waals surface area contributed by atoms with Gasteiger partial charge < -0.3 is 4.74 Å². The molecule has 0 aromatic heterocycles. The van der Waals surface area contributed by atoms with Gasteiger partial charge in [-0.15, -0.1) is 0 Å². The molecule has 0 aliphatic rings. The van der Waals surface area contributed by atoms with Crippen molar-refractivity contribution in [3.63, 3.8) is 0 Å². The molecule has 29 heavy (non-hydrogen) atoms. The highest BCUT2D eigenvalue weighted by molar-refractivity contribution is 5.75. The quantitative estimate of drug-likeness (QED) is 0.389. The molecule has 0 N–H and O–H groups in total. The molecular weight excluding hydrogens is 380 g/mol. The zero-order valence-corrected chi connectivity index (χ0v) is 16.1. The average molecular weight is 400 g/mol. The van der Waals surface area contributed by atoms with Crippen molar-refractivity contribution in [3.8, 4) is 28.0 Å². The van der Waals surface area contributed by atoms with Gasteiger partial charge in [0, 0.05) is 11.6 Å². The molecule has 0 fully saturated rings. The van der Waals surface area contributed by atoms with E-state index < -0.39 is 17.7 Å². The maximum Gasteiger partial charge on any atom is 0.271 e. The van der Waals surface area contributed by atoms with Crippen LogP contribution in [-0.4, -0.2) is 7.11 Å². The Morgan fingerprint density at radius 2 is 1.48 bits per heavy atom. The second kappa shape index (κ2) is 8.95. The molecule has 0 heterocycles. The molecular formula is C24H20F4O. The number of halogens is 4. The topological polar surface area (TPSA) is 9.23 Å². The summed E-state index contributed by atoms with van der Waals surface area (Å²) >= 11 is 0. The van der Waals surface area contributed by atoms with Crippen molar-refractivity contribution in [2.75, 3.05) is 7.11 Å². The first-order valence-electron chi connectivity index (χ1n) is 9.22.